The van der Waals surface area contributed by atoms with Gasteiger partial charge in [-0.1, -0.05) is 108 Å². The summed E-state index contributed by atoms with van der Waals surface area (Å²) in [5.41, 5.74) is 4.23. The first-order valence-corrected chi connectivity index (χ1v) is 17.2. The molecule has 8 aromatic rings. The van der Waals surface area contributed by atoms with Crippen LogP contribution in [0, 0.1) is 35.4 Å². The summed E-state index contributed by atoms with van der Waals surface area (Å²) in [5, 5.41) is 0. The summed E-state index contributed by atoms with van der Waals surface area (Å²) >= 11 is 0. The van der Waals surface area contributed by atoms with Crippen LogP contribution >= 0.6 is 0 Å². The molecular weight excluding hydrogens is 896 g/mol. The van der Waals surface area contributed by atoms with Gasteiger partial charge in [-0.25, -0.2) is 0 Å². The summed E-state index contributed by atoms with van der Waals surface area (Å²) in [4.78, 5) is 13.2. The van der Waals surface area contributed by atoms with E-state index in [9.17, 15) is 8.78 Å². The Balaban J connectivity index is 0.00000480. The van der Waals surface area contributed by atoms with E-state index in [-0.39, 0.29) is 55.3 Å². The number of halogens is 4. The van der Waals surface area contributed by atoms with Gasteiger partial charge in [0.05, 0.1) is 0 Å². The molecule has 6 aromatic carbocycles. The topological polar surface area (TPSA) is 41.5 Å². The maximum Gasteiger partial charge on any atom is 2.00 e. The first-order valence-electron chi connectivity index (χ1n) is 17.2. The van der Waals surface area contributed by atoms with E-state index in [0.29, 0.717) is 11.4 Å². The molecular formula is C46H28F4N4OPt. The van der Waals surface area contributed by atoms with E-state index in [1.165, 1.54) is 0 Å². The third kappa shape index (κ3) is 8.23. The number of benzene rings is 6. The monoisotopic (exact) mass is 923 g/mol. The number of rotatable bonds is 10. The Hall–Kier alpha value is -6.57. The van der Waals surface area contributed by atoms with E-state index < -0.39 is 23.3 Å². The molecule has 2 heterocycles. The molecule has 0 aliphatic rings. The maximum absolute atomic E-state index is 15.4. The van der Waals surface area contributed by atoms with Crippen LogP contribution in [0.4, 0.5) is 51.7 Å². The van der Waals surface area contributed by atoms with Gasteiger partial charge in [-0.05, 0) is 59.9 Å². The van der Waals surface area contributed by atoms with Crippen LogP contribution in [0.5, 0.6) is 11.8 Å². The SMILES string of the molecule is Fc1c[c-]c(-c2cc(N(c3ccccc3)c3ccccc3)cc(Oc3cc(N(c4ccccc4)c4ccccc4)cc(-c4[c-]cc(F)cc4F)n3)n2)c(F)c1.[Pt+2]. The van der Waals surface area contributed by atoms with Gasteiger partial charge in [0, 0.05) is 69.5 Å². The fourth-order valence-corrected chi connectivity index (χ4v) is 6.19. The molecule has 0 atom stereocenters. The first-order chi connectivity index (χ1) is 26.9. The standard InChI is InChI=1S/C46H28F4N4O.Pt/c47-31-21-23-39(41(49)25-31)43-27-37(53(33-13-5-1-6-14-33)34-15-7-2-8-16-34)29-45(51-43)55-46-30-38(28-44(52-46)40-24-22-32(48)26-42(40)50)54(35-17-9-3-10-18-35)36-19-11-4-12-20-36;/h1-22,25-30H;/q-2;+2. The summed E-state index contributed by atoms with van der Waals surface area (Å²) in [6.07, 6.45) is 0. The maximum atomic E-state index is 15.4. The van der Waals surface area contributed by atoms with E-state index in [1.807, 2.05) is 131 Å². The molecule has 0 unspecified atom stereocenters. The van der Waals surface area contributed by atoms with Crippen LogP contribution in [-0.2, 0) is 21.1 Å². The minimum atomic E-state index is -0.868. The second-order valence-electron chi connectivity index (χ2n) is 12.3. The van der Waals surface area contributed by atoms with Crippen LogP contribution in [-0.4, -0.2) is 9.97 Å². The molecule has 0 bridgehead atoms. The zero-order chi connectivity index (χ0) is 37.7. The van der Waals surface area contributed by atoms with Crippen molar-refractivity contribution in [3.05, 3.63) is 205 Å². The molecule has 0 N–H and O–H groups in total. The summed E-state index contributed by atoms with van der Waals surface area (Å²) in [6, 6.07) is 53.7. The van der Waals surface area contributed by atoms with E-state index in [0.717, 1.165) is 47.0 Å². The van der Waals surface area contributed by atoms with Crippen molar-refractivity contribution in [3.8, 4) is 34.3 Å². The van der Waals surface area contributed by atoms with E-state index >= 15 is 8.78 Å². The van der Waals surface area contributed by atoms with Crippen molar-refractivity contribution in [1.29, 1.82) is 0 Å². The van der Waals surface area contributed by atoms with Crippen molar-refractivity contribution in [3.63, 3.8) is 0 Å². The van der Waals surface area contributed by atoms with Crippen LogP contribution in [0.3, 0.4) is 0 Å². The van der Waals surface area contributed by atoms with Crippen molar-refractivity contribution < 1.29 is 43.4 Å². The minimum Gasteiger partial charge on any atom is -0.422 e. The molecule has 0 radical (unpaired) electrons. The smallest absolute Gasteiger partial charge is 0.422 e. The Kier molecular flexibility index (Phi) is 11.3. The molecule has 2 aromatic heterocycles. The molecule has 0 saturated heterocycles. The molecule has 0 aliphatic carbocycles. The van der Waals surface area contributed by atoms with Crippen molar-refractivity contribution in [2.45, 2.75) is 0 Å². The van der Waals surface area contributed by atoms with Crippen molar-refractivity contribution in [1.82, 2.24) is 9.97 Å². The number of hydrogen-bond acceptors (Lipinski definition) is 5. The summed E-state index contributed by atoms with van der Waals surface area (Å²) < 4.78 is 65.4. The first kappa shape index (κ1) is 37.7. The van der Waals surface area contributed by atoms with Crippen molar-refractivity contribution in [2.75, 3.05) is 9.80 Å². The average Bonchev–Trinajstić information content (AvgIpc) is 3.20. The molecule has 0 saturated carbocycles. The number of ether oxygens (including phenoxy) is 1. The molecule has 8 rings (SSSR count). The fraction of sp³-hybridized carbons (Fsp3) is 0. The number of aromatic nitrogens is 2. The van der Waals surface area contributed by atoms with Gasteiger partial charge in [-0.15, -0.1) is 24.3 Å². The zero-order valence-electron chi connectivity index (χ0n) is 29.2. The van der Waals surface area contributed by atoms with E-state index in [1.54, 1.807) is 24.3 Å². The molecule has 0 spiro atoms. The van der Waals surface area contributed by atoms with Crippen LogP contribution in [0.2, 0.25) is 0 Å². The average molecular weight is 924 g/mol. The number of pyridine rings is 2. The van der Waals surface area contributed by atoms with Gasteiger partial charge in [0.25, 0.3) is 0 Å². The third-order valence-electron chi connectivity index (χ3n) is 8.58. The van der Waals surface area contributed by atoms with Gasteiger partial charge in [0.15, 0.2) is 0 Å². The van der Waals surface area contributed by atoms with Crippen LogP contribution in [0.15, 0.2) is 170 Å². The second-order valence-corrected chi connectivity index (χ2v) is 12.3. The Labute approximate surface area is 335 Å². The molecule has 56 heavy (non-hydrogen) atoms. The number of hydrogen-bond donors (Lipinski definition) is 0. The zero-order valence-corrected chi connectivity index (χ0v) is 31.5. The molecule has 5 nitrogen and oxygen atoms in total. The summed E-state index contributed by atoms with van der Waals surface area (Å²) in [5.74, 6) is -3.33. The van der Waals surface area contributed by atoms with Gasteiger partial charge < -0.3 is 14.5 Å². The number of anilines is 6. The normalized spacial score (nSPS) is 10.7. The molecule has 10 heteroatoms. The van der Waals surface area contributed by atoms with Gasteiger partial charge >= 0.3 is 21.1 Å². The fourth-order valence-electron chi connectivity index (χ4n) is 6.19. The van der Waals surface area contributed by atoms with Crippen LogP contribution < -0.4 is 14.5 Å². The van der Waals surface area contributed by atoms with Crippen molar-refractivity contribution >= 4 is 34.1 Å². The third-order valence-corrected chi connectivity index (χ3v) is 8.58. The second kappa shape index (κ2) is 16.8. The van der Waals surface area contributed by atoms with Gasteiger partial charge in [0.1, 0.15) is 0 Å². The van der Waals surface area contributed by atoms with E-state index in [4.69, 9.17) is 4.74 Å². The Morgan fingerprint density at radius 3 is 1.04 bits per heavy atom. The minimum absolute atomic E-state index is 0. The molecule has 0 fully saturated rings. The Morgan fingerprint density at radius 1 is 0.411 bits per heavy atom. The summed E-state index contributed by atoms with van der Waals surface area (Å²) in [7, 11) is 0. The van der Waals surface area contributed by atoms with Crippen LogP contribution in [0.1, 0.15) is 0 Å². The van der Waals surface area contributed by atoms with Crippen molar-refractivity contribution in [2.24, 2.45) is 0 Å². The largest absolute Gasteiger partial charge is 2.00 e. The van der Waals surface area contributed by atoms with Gasteiger partial charge in [-0.3, -0.25) is 27.5 Å². The summed E-state index contributed by atoms with van der Waals surface area (Å²) in [6.45, 7) is 0. The van der Waals surface area contributed by atoms with Gasteiger partial charge in [-0.2, -0.15) is 0 Å². The van der Waals surface area contributed by atoms with Crippen LogP contribution in [0.25, 0.3) is 22.5 Å². The number of nitrogens with zero attached hydrogens (tertiary/aromatic N) is 4. The molecule has 0 amide bonds. The van der Waals surface area contributed by atoms with E-state index in [2.05, 4.69) is 22.1 Å². The number of para-hydroxylation sites is 4. The quantitative estimate of drug-likeness (QED) is 0.101. The van der Waals surface area contributed by atoms with Gasteiger partial charge in [0.2, 0.25) is 11.8 Å². The molecule has 276 valence electrons. The Morgan fingerprint density at radius 2 is 0.732 bits per heavy atom. The predicted molar refractivity (Wildman–Crippen MR) is 206 cm³/mol. The molecule has 0 aliphatic heterocycles. The Bertz CT molecular complexity index is 2330. The predicted octanol–water partition coefficient (Wildman–Crippen LogP) is 12.7.